The van der Waals surface area contributed by atoms with Crippen LogP contribution in [0.15, 0.2) is 29.6 Å². The van der Waals surface area contributed by atoms with Crippen LogP contribution < -0.4 is 11.3 Å². The van der Waals surface area contributed by atoms with Crippen molar-refractivity contribution in [1.29, 1.82) is 0 Å². The number of thiol groups is 2. The summed E-state index contributed by atoms with van der Waals surface area (Å²) in [5, 5.41) is 23.0. The van der Waals surface area contributed by atoms with Crippen molar-refractivity contribution in [2.75, 3.05) is 18.9 Å². The summed E-state index contributed by atoms with van der Waals surface area (Å²) in [4.78, 5) is 27.0. The summed E-state index contributed by atoms with van der Waals surface area (Å²) in [5.41, 5.74) is 5.81. The fourth-order valence-electron chi connectivity index (χ4n) is 5.47. The number of rotatable bonds is 2. The zero-order valence-corrected chi connectivity index (χ0v) is 27.9. The first-order valence-corrected chi connectivity index (χ1v) is 19.4. The number of halogens is 2. The second-order valence-corrected chi connectivity index (χ2v) is 17.0. The van der Waals surface area contributed by atoms with Crippen LogP contribution in [0.4, 0.5) is 5.95 Å². The van der Waals surface area contributed by atoms with Crippen LogP contribution in [0.3, 0.4) is 0 Å². The minimum atomic E-state index is -4.38. The average molecular weight is 758 g/mol. The van der Waals surface area contributed by atoms with Crippen molar-refractivity contribution in [2.24, 2.45) is 0 Å². The Morgan fingerprint density at radius 2 is 1.54 bits per heavy atom. The Kier molecular flexibility index (Phi) is 8.55. The van der Waals surface area contributed by atoms with Crippen LogP contribution in [0.25, 0.3) is 22.2 Å². The zero-order chi connectivity index (χ0) is 32.7. The van der Waals surface area contributed by atoms with Gasteiger partial charge in [0.15, 0.2) is 23.6 Å². The number of nitrogens with two attached hydrogens (primary N) is 1. The molecule has 248 valence electrons. The smallest absolute Gasteiger partial charge is 0.386 e. The van der Waals surface area contributed by atoms with E-state index < -0.39 is 81.4 Å². The first kappa shape index (κ1) is 32.8. The number of aliphatic hydroxyl groups excluding tert-OH is 2. The molecule has 5 N–H and O–H groups in total. The first-order chi connectivity index (χ1) is 21.7. The van der Waals surface area contributed by atoms with E-state index in [1.54, 1.807) is 0 Å². The predicted molar refractivity (Wildman–Crippen MR) is 167 cm³/mol. The van der Waals surface area contributed by atoms with Crippen LogP contribution in [0.5, 0.6) is 0 Å². The molecule has 24 heteroatoms. The minimum Gasteiger partial charge on any atom is -0.387 e. The molecule has 7 rings (SSSR count). The van der Waals surface area contributed by atoms with Gasteiger partial charge in [-0.15, -0.1) is 0 Å². The third kappa shape index (κ3) is 5.92. The van der Waals surface area contributed by atoms with Gasteiger partial charge >= 0.3 is 13.6 Å². The molecule has 0 saturated carbocycles. The van der Waals surface area contributed by atoms with Gasteiger partial charge in [0.05, 0.1) is 46.9 Å². The molecule has 18 nitrogen and oxygen atoms in total. The summed E-state index contributed by atoms with van der Waals surface area (Å²) in [7, 11) is 0. The van der Waals surface area contributed by atoms with E-state index in [9.17, 15) is 24.1 Å². The highest BCUT2D eigenvalue weighted by molar-refractivity contribution is 8.44. The van der Waals surface area contributed by atoms with Gasteiger partial charge in [-0.2, -0.15) is 4.98 Å². The zero-order valence-electron chi connectivity index (χ0n) is 22.8. The molecule has 0 aliphatic carbocycles. The number of nitrogen functional groups attached to an aromatic ring is 1. The monoisotopic (exact) mass is 757 g/mol. The number of benzene rings is 1. The van der Waals surface area contributed by atoms with Crippen molar-refractivity contribution < 1.29 is 46.9 Å². The van der Waals surface area contributed by atoms with E-state index >= 15 is 0 Å². The van der Waals surface area contributed by atoms with Crippen molar-refractivity contribution >= 4 is 89.4 Å². The fourth-order valence-corrected chi connectivity index (χ4v) is 8.73. The van der Waals surface area contributed by atoms with E-state index in [1.807, 2.05) is 0 Å². The lowest BCUT2D eigenvalue weighted by Crippen LogP contribution is -2.35. The van der Waals surface area contributed by atoms with Crippen molar-refractivity contribution in [3.8, 4) is 0 Å². The van der Waals surface area contributed by atoms with Crippen LogP contribution in [0.1, 0.15) is 12.5 Å². The molecule has 0 radical (unpaired) electrons. The molecular formula is C22H23Cl2N7O11P2S2. The number of fused-ring (bicyclic) bond motifs is 5. The molecule has 3 aliphatic heterocycles. The lowest BCUT2D eigenvalue weighted by atomic mass is 10.1. The highest BCUT2D eigenvalue weighted by Crippen LogP contribution is 2.60. The summed E-state index contributed by atoms with van der Waals surface area (Å²) in [6, 6.07) is 3.05. The van der Waals surface area contributed by atoms with Gasteiger partial charge in [0.25, 0.3) is 5.56 Å². The van der Waals surface area contributed by atoms with Crippen LogP contribution in [0.2, 0.25) is 10.0 Å². The predicted octanol–water partition coefficient (Wildman–Crippen LogP) is 2.47. The number of hydrogen-bond donors (Lipinski definition) is 6. The Bertz CT molecular complexity index is 2000. The van der Waals surface area contributed by atoms with Crippen LogP contribution in [-0.4, -0.2) is 89.1 Å². The van der Waals surface area contributed by atoms with Gasteiger partial charge in [-0.25, -0.2) is 19.1 Å². The van der Waals surface area contributed by atoms with Gasteiger partial charge in [-0.1, -0.05) is 47.7 Å². The first-order valence-electron chi connectivity index (χ1n) is 13.2. The molecule has 10 atom stereocenters. The second-order valence-electron chi connectivity index (χ2n) is 10.5. The number of aromatic amines is 1. The van der Waals surface area contributed by atoms with Crippen molar-refractivity contribution in [3.63, 3.8) is 0 Å². The summed E-state index contributed by atoms with van der Waals surface area (Å²) >= 11 is 20.5. The number of H-pyrrole nitrogens is 1. The molecule has 3 saturated heterocycles. The molecule has 1 aromatic carbocycles. The molecule has 3 aliphatic rings. The maximum atomic E-state index is 13.6. The summed E-state index contributed by atoms with van der Waals surface area (Å²) in [5.74, 6) is -0.226. The third-order valence-corrected chi connectivity index (χ3v) is 11.5. The van der Waals surface area contributed by atoms with E-state index in [4.69, 9.17) is 56.5 Å². The van der Waals surface area contributed by atoms with Gasteiger partial charge in [-0.05, 0) is 12.1 Å². The third-order valence-electron chi connectivity index (χ3n) is 7.55. The molecule has 6 heterocycles. The van der Waals surface area contributed by atoms with Gasteiger partial charge in [-0.3, -0.25) is 32.4 Å². The molecule has 6 unspecified atom stereocenters. The highest BCUT2D eigenvalue weighted by Gasteiger charge is 2.53. The average Bonchev–Trinajstić information content (AvgIpc) is 3.72. The van der Waals surface area contributed by atoms with Gasteiger partial charge < -0.3 is 30.0 Å². The number of anilines is 1. The van der Waals surface area contributed by atoms with E-state index in [-0.39, 0.29) is 27.2 Å². The Hall–Kier alpha value is -1.74. The highest BCUT2D eigenvalue weighted by atomic mass is 35.5. The normalized spacial score (nSPS) is 37.2. The standard InChI is InChI=1S/C22H23Cl2N7O11P2S2/c23-7-1-9-10(2-8(7)24)30(5-26-9)20-15(33)16-12(40-20)4-38-44(36,46)42-17-14(32)11(3-37-43(35,45)41-16)39-21(17)31-6-27-13-18(31)28-22(25)29-19(13)34/h1-2,5-6,11-12,14-17,20-21,32-33H,3-4H2,(H,35,45)(H,36,46)(H3,25,28,29,34)/t11-,12-,14?,15?,16?,17?,20-,21-,43?,44?/m1/s1. The molecule has 0 spiro atoms. The molecule has 2 bridgehead atoms. The number of ether oxygens (including phenoxy) is 2. The van der Waals surface area contributed by atoms with Gasteiger partial charge in [0.1, 0.15) is 36.6 Å². The minimum absolute atomic E-state index is 0.0364. The van der Waals surface area contributed by atoms with Crippen molar-refractivity contribution in [3.05, 3.63) is 45.2 Å². The van der Waals surface area contributed by atoms with Crippen molar-refractivity contribution in [1.82, 2.24) is 29.1 Å². The second kappa shape index (κ2) is 12.0. The Labute approximate surface area is 277 Å². The molecule has 0 amide bonds. The number of hydrogen-bond acceptors (Lipinski definition) is 15. The van der Waals surface area contributed by atoms with Crippen LogP contribution >= 0.6 is 61.3 Å². The molecule has 4 aromatic rings. The van der Waals surface area contributed by atoms with E-state index in [2.05, 4.69) is 44.4 Å². The SMILES string of the molecule is Nc1nc2c(ncn2[C@@H]2O[C@@H]3COP(=O)(S)OC4C(O)[C@H](n5cnc6cc(Cl)c(Cl)cc65)O[C@@H]4COP(=O)(S)OC2C3O)c(=O)[nH]1. The van der Waals surface area contributed by atoms with Gasteiger partial charge in [0, 0.05) is 0 Å². The molecule has 3 aromatic heterocycles. The molecular weight excluding hydrogens is 735 g/mol. The van der Waals surface area contributed by atoms with E-state index in [1.165, 1.54) is 33.9 Å². The van der Waals surface area contributed by atoms with E-state index in [0.717, 1.165) is 0 Å². The van der Waals surface area contributed by atoms with Crippen molar-refractivity contribution in [2.45, 2.75) is 49.1 Å². The van der Waals surface area contributed by atoms with Gasteiger partial charge in [0.2, 0.25) is 5.95 Å². The Morgan fingerprint density at radius 3 is 2.28 bits per heavy atom. The summed E-state index contributed by atoms with van der Waals surface area (Å²) < 4.78 is 64.0. The number of nitrogens with zero attached hydrogens (tertiary/aromatic N) is 5. The van der Waals surface area contributed by atoms with E-state index in [0.29, 0.717) is 11.0 Å². The molecule has 3 fully saturated rings. The van der Waals surface area contributed by atoms with Crippen LogP contribution in [0, 0.1) is 0 Å². The maximum absolute atomic E-state index is 13.6. The lowest BCUT2D eigenvalue weighted by Gasteiger charge is -2.26. The van der Waals surface area contributed by atoms with Crippen LogP contribution in [-0.2, 0) is 36.7 Å². The lowest BCUT2D eigenvalue weighted by molar-refractivity contribution is -0.0574. The topological polar surface area (TPSA) is 237 Å². The Balaban J connectivity index is 1.21. The Morgan fingerprint density at radius 1 is 0.913 bits per heavy atom. The molecule has 46 heavy (non-hydrogen) atoms. The number of aromatic nitrogens is 6. The maximum Gasteiger partial charge on any atom is 0.386 e. The number of nitrogens with one attached hydrogen (secondary N) is 1. The fraction of sp³-hybridized carbons (Fsp3) is 0.455. The number of imidazole rings is 2. The number of aliphatic hydroxyl groups is 2. The summed E-state index contributed by atoms with van der Waals surface area (Å²) in [6.07, 6.45) is -8.47. The largest absolute Gasteiger partial charge is 0.387 e. The quantitative estimate of drug-likeness (QED) is 0.127. The summed E-state index contributed by atoms with van der Waals surface area (Å²) in [6.45, 7) is -9.86.